The topological polar surface area (TPSA) is 39.1 Å². The van der Waals surface area contributed by atoms with Gasteiger partial charge in [-0.25, -0.2) is 0 Å². The zero-order valence-electron chi connectivity index (χ0n) is 13.4. The number of ether oxygens (including phenoxy) is 1. The molecule has 1 N–H and O–H groups in total. The molecule has 0 bridgehead atoms. The third kappa shape index (κ3) is 3.85. The minimum atomic E-state index is 0.362. The van der Waals surface area contributed by atoms with E-state index in [1.165, 1.54) is 11.3 Å². The van der Waals surface area contributed by atoms with E-state index in [0.29, 0.717) is 6.04 Å². The molecular formula is C17H25N3O. The molecule has 0 radical (unpaired) electrons. The van der Waals surface area contributed by atoms with Crippen LogP contribution < -0.4 is 10.1 Å². The van der Waals surface area contributed by atoms with Crippen LogP contribution in [0.3, 0.4) is 0 Å². The van der Waals surface area contributed by atoms with Crippen molar-refractivity contribution in [3.05, 3.63) is 47.3 Å². The zero-order chi connectivity index (χ0) is 15.2. The molecule has 1 aromatic carbocycles. The SMILES string of the molecule is CCc1cc(CC(Cc2ccccc2OC)NC)n(C)n1. The molecule has 0 aliphatic heterocycles. The van der Waals surface area contributed by atoms with Crippen molar-refractivity contribution < 1.29 is 4.74 Å². The Kier molecular flexibility index (Phi) is 5.39. The van der Waals surface area contributed by atoms with Gasteiger partial charge >= 0.3 is 0 Å². The Hall–Kier alpha value is -1.81. The Morgan fingerprint density at radius 2 is 2.05 bits per heavy atom. The average molecular weight is 287 g/mol. The number of hydrogen-bond acceptors (Lipinski definition) is 3. The summed E-state index contributed by atoms with van der Waals surface area (Å²) in [5, 5.41) is 7.93. The summed E-state index contributed by atoms with van der Waals surface area (Å²) in [6.45, 7) is 2.14. The van der Waals surface area contributed by atoms with Crippen molar-refractivity contribution in [2.45, 2.75) is 32.2 Å². The fourth-order valence-electron chi connectivity index (χ4n) is 2.60. The fraction of sp³-hybridized carbons (Fsp3) is 0.471. The molecule has 0 saturated carbocycles. The first-order valence-electron chi connectivity index (χ1n) is 7.48. The molecule has 0 amide bonds. The summed E-state index contributed by atoms with van der Waals surface area (Å²) in [5.41, 5.74) is 3.65. The maximum Gasteiger partial charge on any atom is 0.122 e. The molecule has 1 unspecified atom stereocenters. The number of methoxy groups -OCH3 is 1. The van der Waals surface area contributed by atoms with E-state index in [-0.39, 0.29) is 0 Å². The van der Waals surface area contributed by atoms with Gasteiger partial charge in [0.25, 0.3) is 0 Å². The lowest BCUT2D eigenvalue weighted by molar-refractivity contribution is 0.405. The van der Waals surface area contributed by atoms with Gasteiger partial charge in [-0.3, -0.25) is 4.68 Å². The fourth-order valence-corrected chi connectivity index (χ4v) is 2.60. The van der Waals surface area contributed by atoms with E-state index < -0.39 is 0 Å². The number of nitrogens with zero attached hydrogens (tertiary/aromatic N) is 2. The van der Waals surface area contributed by atoms with Crippen LogP contribution in [0, 0.1) is 0 Å². The van der Waals surface area contributed by atoms with Crippen LogP contribution in [0.2, 0.25) is 0 Å². The molecule has 21 heavy (non-hydrogen) atoms. The van der Waals surface area contributed by atoms with Gasteiger partial charge in [0, 0.05) is 25.2 Å². The lowest BCUT2D eigenvalue weighted by Gasteiger charge is -2.18. The highest BCUT2D eigenvalue weighted by molar-refractivity contribution is 5.34. The number of nitrogens with one attached hydrogen (secondary N) is 1. The standard InChI is InChI=1S/C17H25N3O/c1-5-14-11-16(20(3)19-14)12-15(18-2)10-13-8-6-7-9-17(13)21-4/h6-9,11,15,18H,5,10,12H2,1-4H3. The number of likely N-dealkylation sites (N-methyl/N-ethyl adjacent to an activating group) is 1. The van der Waals surface area contributed by atoms with Gasteiger partial charge in [-0.1, -0.05) is 25.1 Å². The highest BCUT2D eigenvalue weighted by Gasteiger charge is 2.14. The number of hydrogen-bond donors (Lipinski definition) is 1. The van der Waals surface area contributed by atoms with Gasteiger partial charge in [-0.15, -0.1) is 0 Å². The molecule has 114 valence electrons. The number of aromatic nitrogens is 2. The molecule has 4 nitrogen and oxygen atoms in total. The Bertz CT molecular complexity index is 577. The number of para-hydroxylation sites is 1. The maximum absolute atomic E-state index is 5.44. The van der Waals surface area contributed by atoms with E-state index in [2.05, 4.69) is 35.5 Å². The van der Waals surface area contributed by atoms with Crippen LogP contribution >= 0.6 is 0 Å². The molecule has 0 saturated heterocycles. The van der Waals surface area contributed by atoms with Crippen LogP contribution in [0.4, 0.5) is 0 Å². The van der Waals surface area contributed by atoms with Crippen LogP contribution in [-0.4, -0.2) is 30.0 Å². The van der Waals surface area contributed by atoms with Crippen LogP contribution in [0.25, 0.3) is 0 Å². The molecule has 0 fully saturated rings. The van der Waals surface area contributed by atoms with Gasteiger partial charge in [-0.2, -0.15) is 5.10 Å². The van der Waals surface area contributed by atoms with Gasteiger partial charge < -0.3 is 10.1 Å². The number of rotatable bonds is 7. The normalized spacial score (nSPS) is 12.4. The Morgan fingerprint density at radius 1 is 1.29 bits per heavy atom. The van der Waals surface area contributed by atoms with Crippen LogP contribution in [-0.2, 0) is 26.3 Å². The summed E-state index contributed by atoms with van der Waals surface area (Å²) < 4.78 is 7.43. The van der Waals surface area contributed by atoms with Crippen molar-refractivity contribution in [3.8, 4) is 5.75 Å². The summed E-state index contributed by atoms with van der Waals surface area (Å²) in [6, 6.07) is 10.8. The van der Waals surface area contributed by atoms with Gasteiger partial charge in [0.05, 0.1) is 12.8 Å². The van der Waals surface area contributed by atoms with Crippen molar-refractivity contribution in [1.29, 1.82) is 0 Å². The molecule has 1 heterocycles. The monoisotopic (exact) mass is 287 g/mol. The molecule has 2 rings (SSSR count). The minimum absolute atomic E-state index is 0.362. The second kappa shape index (κ2) is 7.27. The van der Waals surface area contributed by atoms with E-state index in [1.807, 2.05) is 30.9 Å². The van der Waals surface area contributed by atoms with Crippen molar-refractivity contribution in [1.82, 2.24) is 15.1 Å². The smallest absolute Gasteiger partial charge is 0.122 e. The second-order valence-corrected chi connectivity index (χ2v) is 5.31. The van der Waals surface area contributed by atoms with Gasteiger partial charge in [0.15, 0.2) is 0 Å². The summed E-state index contributed by atoms with van der Waals surface area (Å²) in [4.78, 5) is 0. The van der Waals surface area contributed by atoms with Crippen LogP contribution in [0.15, 0.2) is 30.3 Å². The van der Waals surface area contributed by atoms with Crippen molar-refractivity contribution in [2.75, 3.05) is 14.2 Å². The highest BCUT2D eigenvalue weighted by atomic mass is 16.5. The van der Waals surface area contributed by atoms with Crippen LogP contribution in [0.5, 0.6) is 5.75 Å². The van der Waals surface area contributed by atoms with Gasteiger partial charge in [0.2, 0.25) is 0 Å². The molecule has 1 aromatic heterocycles. The van der Waals surface area contributed by atoms with Crippen molar-refractivity contribution >= 4 is 0 Å². The largest absolute Gasteiger partial charge is 0.496 e. The molecule has 0 spiro atoms. The van der Waals surface area contributed by atoms with Crippen molar-refractivity contribution in [2.24, 2.45) is 7.05 Å². The van der Waals surface area contributed by atoms with E-state index >= 15 is 0 Å². The third-order valence-corrected chi connectivity index (χ3v) is 3.91. The summed E-state index contributed by atoms with van der Waals surface area (Å²) in [7, 11) is 5.75. The molecule has 1 atom stereocenters. The van der Waals surface area contributed by atoms with E-state index in [0.717, 1.165) is 30.7 Å². The Balaban J connectivity index is 2.11. The lowest BCUT2D eigenvalue weighted by atomic mass is 10.0. The van der Waals surface area contributed by atoms with Crippen LogP contribution in [0.1, 0.15) is 23.9 Å². The second-order valence-electron chi connectivity index (χ2n) is 5.31. The lowest BCUT2D eigenvalue weighted by Crippen LogP contribution is -2.30. The summed E-state index contributed by atoms with van der Waals surface area (Å²) in [6.07, 6.45) is 2.87. The van der Waals surface area contributed by atoms with E-state index in [9.17, 15) is 0 Å². The predicted octanol–water partition coefficient (Wildman–Crippen LogP) is 2.36. The Labute approximate surface area is 127 Å². The number of benzene rings is 1. The zero-order valence-corrected chi connectivity index (χ0v) is 13.4. The van der Waals surface area contributed by atoms with E-state index in [1.54, 1.807) is 7.11 Å². The van der Waals surface area contributed by atoms with Gasteiger partial charge in [-0.05, 0) is 37.6 Å². The first kappa shape index (κ1) is 15.6. The Morgan fingerprint density at radius 3 is 2.67 bits per heavy atom. The summed E-state index contributed by atoms with van der Waals surface area (Å²) in [5.74, 6) is 0.956. The first-order valence-corrected chi connectivity index (χ1v) is 7.48. The van der Waals surface area contributed by atoms with Gasteiger partial charge in [0.1, 0.15) is 5.75 Å². The molecule has 0 aliphatic rings. The first-order chi connectivity index (χ1) is 10.2. The van der Waals surface area contributed by atoms with E-state index in [4.69, 9.17) is 4.74 Å². The molecule has 2 aromatic rings. The third-order valence-electron chi connectivity index (χ3n) is 3.91. The molecule has 4 heteroatoms. The molecular weight excluding hydrogens is 262 g/mol. The maximum atomic E-state index is 5.44. The average Bonchev–Trinajstić information content (AvgIpc) is 2.87. The predicted molar refractivity (Wildman–Crippen MR) is 85.8 cm³/mol. The number of aryl methyl sites for hydroxylation is 2. The minimum Gasteiger partial charge on any atom is -0.496 e. The summed E-state index contributed by atoms with van der Waals surface area (Å²) >= 11 is 0. The molecule has 0 aliphatic carbocycles. The quantitative estimate of drug-likeness (QED) is 0.850. The highest BCUT2D eigenvalue weighted by Crippen LogP contribution is 2.20. The van der Waals surface area contributed by atoms with Crippen molar-refractivity contribution in [3.63, 3.8) is 0 Å².